The third-order valence-electron chi connectivity index (χ3n) is 4.60. The van der Waals surface area contributed by atoms with Crippen molar-refractivity contribution in [2.24, 2.45) is 11.7 Å². The molecule has 4 N–H and O–H groups in total. The SMILES string of the molecule is Cc1cc(F)ccc1S(=O)(=O)Nc1ccccc1C(=O)NC(CN)C1CC1.Cl. The number of aryl methyl sites for hydroxylation is 1. The molecule has 1 fully saturated rings. The van der Waals surface area contributed by atoms with Gasteiger partial charge in [-0.3, -0.25) is 9.52 Å². The van der Waals surface area contributed by atoms with Gasteiger partial charge in [0.2, 0.25) is 0 Å². The highest BCUT2D eigenvalue weighted by Gasteiger charge is 2.32. The van der Waals surface area contributed by atoms with E-state index in [1.807, 2.05) is 0 Å². The van der Waals surface area contributed by atoms with E-state index >= 15 is 0 Å². The number of halogens is 2. The maximum atomic E-state index is 13.3. The Morgan fingerprint density at radius 2 is 1.93 bits per heavy atom. The molecule has 1 amide bonds. The molecular formula is C19H23ClFN3O3S. The Bertz CT molecular complexity index is 965. The largest absolute Gasteiger partial charge is 0.348 e. The highest BCUT2D eigenvalue weighted by atomic mass is 35.5. The Kier molecular flexibility index (Phi) is 7.03. The van der Waals surface area contributed by atoms with E-state index in [0.717, 1.165) is 25.0 Å². The van der Waals surface area contributed by atoms with E-state index < -0.39 is 15.8 Å². The number of carbonyl (C=O) groups is 1. The van der Waals surface area contributed by atoms with Gasteiger partial charge in [-0.2, -0.15) is 0 Å². The number of rotatable bonds is 7. The first-order chi connectivity index (χ1) is 12.8. The summed E-state index contributed by atoms with van der Waals surface area (Å²) in [5.41, 5.74) is 6.37. The Hall–Kier alpha value is -2.16. The molecule has 1 aliphatic carbocycles. The average molecular weight is 428 g/mol. The topological polar surface area (TPSA) is 101 Å². The van der Waals surface area contributed by atoms with E-state index in [9.17, 15) is 17.6 Å². The number of benzene rings is 2. The van der Waals surface area contributed by atoms with Gasteiger partial charge in [0.1, 0.15) is 5.82 Å². The maximum Gasteiger partial charge on any atom is 0.262 e. The average Bonchev–Trinajstić information content (AvgIpc) is 3.44. The predicted octanol–water partition coefficient (Wildman–Crippen LogP) is 2.82. The third-order valence-corrected chi connectivity index (χ3v) is 6.13. The van der Waals surface area contributed by atoms with Crippen molar-refractivity contribution in [2.75, 3.05) is 11.3 Å². The van der Waals surface area contributed by atoms with Gasteiger partial charge in [0.25, 0.3) is 15.9 Å². The maximum absolute atomic E-state index is 13.3. The van der Waals surface area contributed by atoms with Crippen molar-refractivity contribution in [3.05, 3.63) is 59.4 Å². The van der Waals surface area contributed by atoms with Crippen molar-refractivity contribution in [2.45, 2.75) is 30.7 Å². The first-order valence-electron chi connectivity index (χ1n) is 8.71. The fourth-order valence-electron chi connectivity index (χ4n) is 3.00. The zero-order valence-electron chi connectivity index (χ0n) is 15.3. The molecule has 0 aromatic heterocycles. The molecule has 152 valence electrons. The number of nitrogens with one attached hydrogen (secondary N) is 2. The van der Waals surface area contributed by atoms with Crippen LogP contribution in [0.3, 0.4) is 0 Å². The van der Waals surface area contributed by atoms with Gasteiger partial charge < -0.3 is 11.1 Å². The molecule has 2 aromatic carbocycles. The molecule has 6 nitrogen and oxygen atoms in total. The molecule has 1 aliphatic rings. The molecule has 2 aromatic rings. The Labute approximate surface area is 170 Å². The predicted molar refractivity (Wildman–Crippen MR) is 109 cm³/mol. The third kappa shape index (κ3) is 5.01. The summed E-state index contributed by atoms with van der Waals surface area (Å²) in [6, 6.07) is 9.66. The molecule has 1 atom stereocenters. The summed E-state index contributed by atoms with van der Waals surface area (Å²) < 4.78 is 41.2. The van der Waals surface area contributed by atoms with Crippen LogP contribution in [0.15, 0.2) is 47.4 Å². The summed E-state index contributed by atoms with van der Waals surface area (Å²) >= 11 is 0. The molecule has 0 radical (unpaired) electrons. The quantitative estimate of drug-likeness (QED) is 0.632. The van der Waals surface area contributed by atoms with Crippen LogP contribution in [-0.4, -0.2) is 26.9 Å². The van der Waals surface area contributed by atoms with Crippen molar-refractivity contribution < 1.29 is 17.6 Å². The van der Waals surface area contributed by atoms with Crippen molar-refractivity contribution in [3.63, 3.8) is 0 Å². The van der Waals surface area contributed by atoms with Crippen LogP contribution in [0.2, 0.25) is 0 Å². The van der Waals surface area contributed by atoms with Crippen LogP contribution in [0.5, 0.6) is 0 Å². The molecule has 0 heterocycles. The number of carbonyl (C=O) groups excluding carboxylic acids is 1. The molecule has 28 heavy (non-hydrogen) atoms. The Balaban J connectivity index is 0.00000280. The van der Waals surface area contributed by atoms with Crippen LogP contribution in [-0.2, 0) is 10.0 Å². The lowest BCUT2D eigenvalue weighted by atomic mass is 10.1. The fraction of sp³-hybridized carbons (Fsp3) is 0.316. The fourth-order valence-corrected chi connectivity index (χ4v) is 4.31. The lowest BCUT2D eigenvalue weighted by Crippen LogP contribution is -2.42. The van der Waals surface area contributed by atoms with Crippen molar-refractivity contribution in [1.29, 1.82) is 0 Å². The number of anilines is 1. The van der Waals surface area contributed by atoms with Gasteiger partial charge >= 0.3 is 0 Å². The van der Waals surface area contributed by atoms with E-state index in [4.69, 9.17) is 5.73 Å². The van der Waals surface area contributed by atoms with E-state index in [0.29, 0.717) is 12.5 Å². The van der Waals surface area contributed by atoms with Crippen LogP contribution in [0, 0.1) is 18.7 Å². The normalized spacial score (nSPS) is 14.7. The summed E-state index contributed by atoms with van der Waals surface area (Å²) in [5, 5.41) is 2.88. The molecule has 1 unspecified atom stereocenters. The van der Waals surface area contributed by atoms with Gasteiger partial charge in [-0.15, -0.1) is 12.4 Å². The van der Waals surface area contributed by atoms with Crippen LogP contribution in [0.25, 0.3) is 0 Å². The van der Waals surface area contributed by atoms with E-state index in [-0.39, 0.29) is 46.1 Å². The minimum Gasteiger partial charge on any atom is -0.348 e. The van der Waals surface area contributed by atoms with E-state index in [1.54, 1.807) is 18.2 Å². The molecule has 0 saturated heterocycles. The van der Waals surface area contributed by atoms with Gasteiger partial charge in [0.15, 0.2) is 0 Å². The standard InChI is InChI=1S/C19H22FN3O3S.ClH/c1-12-10-14(20)8-9-18(12)27(25,26)23-16-5-3-2-4-15(16)19(24)22-17(11-21)13-6-7-13;/h2-5,8-10,13,17,23H,6-7,11,21H2,1H3,(H,22,24);1H. The smallest absolute Gasteiger partial charge is 0.262 e. The molecule has 1 saturated carbocycles. The number of para-hydroxylation sites is 1. The van der Waals surface area contributed by atoms with Gasteiger partial charge in [-0.25, -0.2) is 12.8 Å². The van der Waals surface area contributed by atoms with Crippen molar-refractivity contribution >= 4 is 34.0 Å². The Morgan fingerprint density at radius 1 is 1.25 bits per heavy atom. The summed E-state index contributed by atoms with van der Waals surface area (Å²) in [7, 11) is -3.98. The molecule has 9 heteroatoms. The number of hydrogen-bond acceptors (Lipinski definition) is 4. The summed E-state index contributed by atoms with van der Waals surface area (Å²) in [4.78, 5) is 12.6. The molecule has 0 bridgehead atoms. The minimum atomic E-state index is -3.98. The summed E-state index contributed by atoms with van der Waals surface area (Å²) in [6.07, 6.45) is 2.06. The molecule has 3 rings (SSSR count). The number of hydrogen-bond donors (Lipinski definition) is 3. The van der Waals surface area contributed by atoms with Crippen LogP contribution >= 0.6 is 12.4 Å². The first-order valence-corrected chi connectivity index (χ1v) is 10.2. The Morgan fingerprint density at radius 3 is 2.54 bits per heavy atom. The second-order valence-corrected chi connectivity index (χ2v) is 8.36. The first kappa shape index (κ1) is 22.1. The lowest BCUT2D eigenvalue weighted by molar-refractivity contribution is 0.0934. The second kappa shape index (κ2) is 8.89. The monoisotopic (exact) mass is 427 g/mol. The molecule has 0 spiro atoms. The van der Waals surface area contributed by atoms with Gasteiger partial charge in [0.05, 0.1) is 16.1 Å². The number of amides is 1. The highest BCUT2D eigenvalue weighted by Crippen LogP contribution is 2.32. The van der Waals surface area contributed by atoms with Gasteiger partial charge in [-0.05, 0) is 61.6 Å². The highest BCUT2D eigenvalue weighted by molar-refractivity contribution is 7.92. The summed E-state index contributed by atoms with van der Waals surface area (Å²) in [5.74, 6) is -0.518. The van der Waals surface area contributed by atoms with Crippen molar-refractivity contribution in [1.82, 2.24) is 5.32 Å². The molecule has 0 aliphatic heterocycles. The van der Waals surface area contributed by atoms with Crippen molar-refractivity contribution in [3.8, 4) is 0 Å². The van der Waals surface area contributed by atoms with Gasteiger partial charge in [0, 0.05) is 12.6 Å². The molecular weight excluding hydrogens is 405 g/mol. The number of nitrogens with two attached hydrogens (primary N) is 1. The van der Waals surface area contributed by atoms with E-state index in [2.05, 4.69) is 10.0 Å². The van der Waals surface area contributed by atoms with Crippen LogP contribution < -0.4 is 15.8 Å². The van der Waals surface area contributed by atoms with Gasteiger partial charge in [-0.1, -0.05) is 12.1 Å². The van der Waals surface area contributed by atoms with Crippen LogP contribution in [0.1, 0.15) is 28.8 Å². The van der Waals surface area contributed by atoms with Crippen LogP contribution in [0.4, 0.5) is 10.1 Å². The number of sulfonamides is 1. The van der Waals surface area contributed by atoms with E-state index in [1.165, 1.54) is 19.1 Å². The lowest BCUT2D eigenvalue weighted by Gasteiger charge is -2.18. The summed E-state index contributed by atoms with van der Waals surface area (Å²) in [6.45, 7) is 1.84. The second-order valence-electron chi connectivity index (χ2n) is 6.71. The zero-order valence-corrected chi connectivity index (χ0v) is 16.9. The zero-order chi connectivity index (χ0) is 19.6. The minimum absolute atomic E-state index is 0.